The smallest absolute Gasteiger partial charge is 0.141 e. The molecule has 0 saturated carbocycles. The number of nitrogens with zero attached hydrogens (tertiary/aromatic N) is 2. The second kappa shape index (κ2) is 8.51. The molecule has 1 rings (SSSR count). The summed E-state index contributed by atoms with van der Waals surface area (Å²) in [6.07, 6.45) is 5.33. The van der Waals surface area contributed by atoms with Crippen LogP contribution in [0.4, 0.5) is 4.39 Å². The van der Waals surface area contributed by atoms with Crippen LogP contribution in [0.5, 0.6) is 0 Å². The van der Waals surface area contributed by atoms with Gasteiger partial charge < -0.3 is 10.6 Å². The maximum absolute atomic E-state index is 12.8. The number of aromatic nitrogens is 1. The molecule has 0 fully saturated rings. The van der Waals surface area contributed by atoms with Gasteiger partial charge in [0.25, 0.3) is 0 Å². The van der Waals surface area contributed by atoms with Gasteiger partial charge in [0, 0.05) is 24.4 Å². The number of thioether (sulfide) groups is 1. The molecule has 108 valence electrons. The summed E-state index contributed by atoms with van der Waals surface area (Å²) in [5.74, 6) is 0.816. The number of rotatable bonds is 8. The van der Waals surface area contributed by atoms with Crippen LogP contribution in [0.25, 0.3) is 0 Å². The highest BCUT2D eigenvalue weighted by Crippen LogP contribution is 2.14. The molecule has 1 heterocycles. The fourth-order valence-corrected chi connectivity index (χ4v) is 2.90. The van der Waals surface area contributed by atoms with E-state index in [-0.39, 0.29) is 11.9 Å². The van der Waals surface area contributed by atoms with E-state index in [2.05, 4.69) is 30.1 Å². The molecular weight excluding hydrogens is 261 g/mol. The van der Waals surface area contributed by atoms with E-state index in [0.717, 1.165) is 30.8 Å². The zero-order valence-electron chi connectivity index (χ0n) is 12.0. The van der Waals surface area contributed by atoms with Gasteiger partial charge in [0.05, 0.1) is 11.9 Å². The molecule has 2 N–H and O–H groups in total. The second-order valence-corrected chi connectivity index (χ2v) is 5.71. The molecule has 0 aliphatic rings. The fraction of sp³-hybridized carbons (Fsp3) is 0.643. The Morgan fingerprint density at radius 2 is 2.21 bits per heavy atom. The number of nitrogens with two attached hydrogens (primary N) is 1. The van der Waals surface area contributed by atoms with Gasteiger partial charge >= 0.3 is 0 Å². The topological polar surface area (TPSA) is 42.1 Å². The normalized spacial score (nSPS) is 14.6. The van der Waals surface area contributed by atoms with E-state index in [9.17, 15) is 4.39 Å². The third-order valence-corrected chi connectivity index (χ3v) is 4.09. The van der Waals surface area contributed by atoms with Crippen LogP contribution in [0, 0.1) is 5.82 Å². The Balaban J connectivity index is 2.44. The van der Waals surface area contributed by atoms with Crippen molar-refractivity contribution in [2.24, 2.45) is 5.73 Å². The second-order valence-electron chi connectivity index (χ2n) is 4.79. The first kappa shape index (κ1) is 16.4. The summed E-state index contributed by atoms with van der Waals surface area (Å²) in [5, 5.41) is 0. The minimum Gasteiger partial charge on any atom is -0.323 e. The van der Waals surface area contributed by atoms with E-state index >= 15 is 0 Å². The lowest BCUT2D eigenvalue weighted by Crippen LogP contribution is -2.35. The largest absolute Gasteiger partial charge is 0.323 e. The first-order valence-electron chi connectivity index (χ1n) is 6.64. The quantitative estimate of drug-likeness (QED) is 0.797. The minimum atomic E-state index is -0.320. The predicted octanol–water partition coefficient (Wildman–Crippen LogP) is 2.68. The summed E-state index contributed by atoms with van der Waals surface area (Å²) in [5.41, 5.74) is 6.85. The lowest BCUT2D eigenvalue weighted by atomic mass is 10.1. The third-order valence-electron chi connectivity index (χ3n) is 3.38. The summed E-state index contributed by atoms with van der Waals surface area (Å²) in [4.78, 5) is 6.38. The molecule has 5 heteroatoms. The van der Waals surface area contributed by atoms with Crippen LogP contribution in [0.15, 0.2) is 18.3 Å². The minimum absolute atomic E-state index is 0.130. The molecule has 1 aromatic rings. The summed E-state index contributed by atoms with van der Waals surface area (Å²) in [6, 6.07) is 3.53. The standard InChI is InChI=1S/C14H24FN3S/c1-4-12(10-19-3)18(2)8-7-13(16)14-6-5-11(15)9-17-14/h5-6,9,12-13H,4,7-8,10,16H2,1-3H3. The van der Waals surface area contributed by atoms with Crippen molar-refractivity contribution in [1.29, 1.82) is 0 Å². The van der Waals surface area contributed by atoms with Crippen LogP contribution < -0.4 is 5.73 Å². The molecule has 3 nitrogen and oxygen atoms in total. The van der Waals surface area contributed by atoms with Crippen molar-refractivity contribution >= 4 is 11.8 Å². The van der Waals surface area contributed by atoms with E-state index in [1.807, 2.05) is 11.8 Å². The molecule has 2 atom stereocenters. The third kappa shape index (κ3) is 5.47. The van der Waals surface area contributed by atoms with Gasteiger partial charge in [-0.05, 0) is 38.3 Å². The molecule has 19 heavy (non-hydrogen) atoms. The van der Waals surface area contributed by atoms with E-state index in [1.165, 1.54) is 12.3 Å². The van der Waals surface area contributed by atoms with Crippen LogP contribution in [0.3, 0.4) is 0 Å². The van der Waals surface area contributed by atoms with Gasteiger partial charge in [-0.1, -0.05) is 6.92 Å². The molecule has 0 aliphatic heterocycles. The van der Waals surface area contributed by atoms with E-state index < -0.39 is 0 Å². The Hall–Kier alpha value is -0.650. The van der Waals surface area contributed by atoms with Gasteiger partial charge in [-0.25, -0.2) is 4.39 Å². The molecule has 0 spiro atoms. The van der Waals surface area contributed by atoms with Crippen molar-refractivity contribution in [3.8, 4) is 0 Å². The Bertz CT molecular complexity index is 358. The van der Waals surface area contributed by atoms with Crippen molar-refractivity contribution in [2.45, 2.75) is 31.8 Å². The molecule has 0 bridgehead atoms. The number of pyridine rings is 1. The van der Waals surface area contributed by atoms with Crippen molar-refractivity contribution < 1.29 is 4.39 Å². The first-order chi connectivity index (χ1) is 9.08. The lowest BCUT2D eigenvalue weighted by Gasteiger charge is -2.27. The number of halogens is 1. The van der Waals surface area contributed by atoms with E-state index in [1.54, 1.807) is 6.07 Å². The van der Waals surface area contributed by atoms with Crippen LogP contribution in [-0.4, -0.2) is 41.5 Å². The molecule has 0 saturated heterocycles. The van der Waals surface area contributed by atoms with Gasteiger partial charge in [0.15, 0.2) is 0 Å². The van der Waals surface area contributed by atoms with Gasteiger partial charge in [0.1, 0.15) is 5.82 Å². The van der Waals surface area contributed by atoms with Gasteiger partial charge in [-0.3, -0.25) is 4.98 Å². The van der Waals surface area contributed by atoms with Crippen LogP contribution in [0.1, 0.15) is 31.5 Å². The molecule has 0 amide bonds. The van der Waals surface area contributed by atoms with E-state index in [4.69, 9.17) is 5.73 Å². The highest BCUT2D eigenvalue weighted by molar-refractivity contribution is 7.98. The maximum Gasteiger partial charge on any atom is 0.141 e. The SMILES string of the molecule is CCC(CSC)N(C)CCC(N)c1ccc(F)cn1. The molecule has 0 radical (unpaired) electrons. The van der Waals surface area contributed by atoms with Crippen molar-refractivity contribution in [3.05, 3.63) is 29.8 Å². The average Bonchev–Trinajstić information content (AvgIpc) is 2.42. The van der Waals surface area contributed by atoms with Crippen molar-refractivity contribution in [2.75, 3.05) is 25.6 Å². The molecule has 0 aromatic carbocycles. The van der Waals surface area contributed by atoms with E-state index in [0.29, 0.717) is 6.04 Å². The van der Waals surface area contributed by atoms with Crippen LogP contribution in [-0.2, 0) is 0 Å². The first-order valence-corrected chi connectivity index (χ1v) is 8.04. The Morgan fingerprint density at radius 1 is 1.47 bits per heavy atom. The van der Waals surface area contributed by atoms with Gasteiger partial charge in [0.2, 0.25) is 0 Å². The van der Waals surface area contributed by atoms with Gasteiger partial charge in [-0.2, -0.15) is 11.8 Å². The highest BCUT2D eigenvalue weighted by Gasteiger charge is 2.14. The predicted molar refractivity (Wildman–Crippen MR) is 80.8 cm³/mol. The zero-order valence-corrected chi connectivity index (χ0v) is 12.8. The van der Waals surface area contributed by atoms with Crippen molar-refractivity contribution in [3.63, 3.8) is 0 Å². The summed E-state index contributed by atoms with van der Waals surface area (Å²) in [7, 11) is 2.13. The summed E-state index contributed by atoms with van der Waals surface area (Å²) in [6.45, 7) is 3.14. The zero-order chi connectivity index (χ0) is 14.3. The fourth-order valence-electron chi connectivity index (χ4n) is 2.03. The Morgan fingerprint density at radius 3 is 2.74 bits per heavy atom. The van der Waals surface area contributed by atoms with Gasteiger partial charge in [-0.15, -0.1) is 0 Å². The van der Waals surface area contributed by atoms with Crippen molar-refractivity contribution in [1.82, 2.24) is 9.88 Å². The molecule has 2 unspecified atom stereocenters. The lowest BCUT2D eigenvalue weighted by molar-refractivity contribution is 0.246. The Labute approximate surface area is 119 Å². The number of hydrogen-bond acceptors (Lipinski definition) is 4. The van der Waals surface area contributed by atoms with Crippen LogP contribution in [0.2, 0.25) is 0 Å². The Kier molecular flexibility index (Phi) is 7.34. The number of hydrogen-bond donors (Lipinski definition) is 1. The van der Waals surface area contributed by atoms with Crippen LogP contribution >= 0.6 is 11.8 Å². The maximum atomic E-state index is 12.8. The summed E-state index contributed by atoms with van der Waals surface area (Å²) >= 11 is 1.87. The molecule has 1 aromatic heterocycles. The average molecular weight is 285 g/mol. The molecular formula is C14H24FN3S. The monoisotopic (exact) mass is 285 g/mol. The summed E-state index contributed by atoms with van der Waals surface area (Å²) < 4.78 is 12.8. The highest BCUT2D eigenvalue weighted by atomic mass is 32.2. The molecule has 0 aliphatic carbocycles.